The molecule has 0 atom stereocenters. The summed E-state index contributed by atoms with van der Waals surface area (Å²) in [5, 5.41) is 10.9. The molecule has 38 heavy (non-hydrogen) atoms. The highest BCUT2D eigenvalue weighted by atomic mass is 28.3. The molecule has 0 saturated heterocycles. The molecular formula is C36H36Si2. The minimum Gasteiger partial charge on any atom is -0.0656 e. The second-order valence-corrected chi connectivity index (χ2v) is 22.9. The maximum atomic E-state index is 2.41. The number of rotatable bonds is 4. The molecule has 0 saturated carbocycles. The first-order chi connectivity index (χ1) is 18.1. The van der Waals surface area contributed by atoms with E-state index in [0.29, 0.717) is 0 Å². The molecule has 0 spiro atoms. The fraction of sp³-hybridized carbons (Fsp3) is 0.167. The molecule has 0 heterocycles. The third-order valence-corrected chi connectivity index (χ3v) is 12.1. The molecule has 0 aromatic heterocycles. The van der Waals surface area contributed by atoms with Crippen LogP contribution < -0.4 is 10.4 Å². The highest BCUT2D eigenvalue weighted by Gasteiger charge is 2.17. The topological polar surface area (TPSA) is 0 Å². The van der Waals surface area contributed by atoms with E-state index in [1.54, 1.807) is 0 Å². The Morgan fingerprint density at radius 3 is 0.974 bits per heavy atom. The van der Waals surface area contributed by atoms with Gasteiger partial charge in [0, 0.05) is 0 Å². The lowest BCUT2D eigenvalue weighted by Gasteiger charge is -2.18. The standard InChI is InChI=1S/C36H36Si2/c1-37(2,3)29-17-11-25(12-18-29)27-15-21-33-31-9-7-8-10-32(31)34-22-16-28(24-36(34)35(33)23-27)26-13-19-30(20-14-26)38(4,5)6/h7-24H,1-6H3. The van der Waals surface area contributed by atoms with Gasteiger partial charge in [-0.15, -0.1) is 0 Å². The molecule has 188 valence electrons. The van der Waals surface area contributed by atoms with Crippen molar-refractivity contribution in [3.8, 4) is 22.3 Å². The number of benzene rings is 6. The van der Waals surface area contributed by atoms with E-state index >= 15 is 0 Å². The van der Waals surface area contributed by atoms with Crippen molar-refractivity contribution < 1.29 is 0 Å². The molecule has 0 nitrogen and oxygen atoms in total. The van der Waals surface area contributed by atoms with Gasteiger partial charge in [0.2, 0.25) is 0 Å². The molecule has 0 radical (unpaired) electrons. The minimum atomic E-state index is -1.32. The summed E-state index contributed by atoms with van der Waals surface area (Å²) in [5.41, 5.74) is 5.13. The molecular weight excluding hydrogens is 489 g/mol. The van der Waals surface area contributed by atoms with Gasteiger partial charge in [0.1, 0.15) is 0 Å². The smallest absolute Gasteiger partial charge is 0.0656 e. The Morgan fingerprint density at radius 2 is 0.632 bits per heavy atom. The summed E-state index contributed by atoms with van der Waals surface area (Å²) >= 11 is 0. The van der Waals surface area contributed by atoms with Crippen LogP contribution in [0.4, 0.5) is 0 Å². The van der Waals surface area contributed by atoms with Crippen molar-refractivity contribution >= 4 is 58.8 Å². The molecule has 2 heteroatoms. The molecule has 0 aliphatic heterocycles. The summed E-state index contributed by atoms with van der Waals surface area (Å²) in [6, 6.07) is 41.5. The van der Waals surface area contributed by atoms with E-state index in [0.717, 1.165) is 0 Å². The van der Waals surface area contributed by atoms with Gasteiger partial charge >= 0.3 is 0 Å². The van der Waals surface area contributed by atoms with E-state index < -0.39 is 16.1 Å². The quantitative estimate of drug-likeness (QED) is 0.159. The van der Waals surface area contributed by atoms with Crippen LogP contribution in [0.3, 0.4) is 0 Å². The lowest BCUT2D eigenvalue weighted by molar-refractivity contribution is 1.64. The molecule has 0 amide bonds. The van der Waals surface area contributed by atoms with Crippen molar-refractivity contribution in [1.82, 2.24) is 0 Å². The number of hydrogen-bond acceptors (Lipinski definition) is 0. The zero-order valence-electron chi connectivity index (χ0n) is 23.4. The minimum absolute atomic E-state index is 1.28. The molecule has 0 bridgehead atoms. The van der Waals surface area contributed by atoms with Crippen LogP contribution in [0.2, 0.25) is 39.3 Å². The first kappa shape index (κ1) is 24.8. The maximum Gasteiger partial charge on any atom is 0.0775 e. The third-order valence-electron chi connectivity index (χ3n) is 8.01. The van der Waals surface area contributed by atoms with Crippen LogP contribution in [-0.2, 0) is 0 Å². The van der Waals surface area contributed by atoms with Crippen LogP contribution in [0.1, 0.15) is 0 Å². The van der Waals surface area contributed by atoms with Crippen molar-refractivity contribution in [2.45, 2.75) is 39.3 Å². The summed E-state index contributed by atoms with van der Waals surface area (Å²) in [4.78, 5) is 0. The van der Waals surface area contributed by atoms with Crippen molar-refractivity contribution in [1.29, 1.82) is 0 Å². The molecule has 0 N–H and O–H groups in total. The van der Waals surface area contributed by atoms with Gasteiger partial charge in [0.15, 0.2) is 0 Å². The average molecular weight is 525 g/mol. The summed E-state index contributed by atoms with van der Waals surface area (Å²) in [5.74, 6) is 0. The van der Waals surface area contributed by atoms with Crippen LogP contribution in [0.15, 0.2) is 109 Å². The lowest BCUT2D eigenvalue weighted by Crippen LogP contribution is -2.37. The highest BCUT2D eigenvalue weighted by Crippen LogP contribution is 2.38. The van der Waals surface area contributed by atoms with E-state index in [9.17, 15) is 0 Å². The first-order valence-electron chi connectivity index (χ1n) is 13.7. The van der Waals surface area contributed by atoms with Crippen LogP contribution in [0.25, 0.3) is 54.6 Å². The Kier molecular flexibility index (Phi) is 5.93. The normalized spacial score (nSPS) is 12.5. The van der Waals surface area contributed by atoms with Gasteiger partial charge in [0.25, 0.3) is 0 Å². The Balaban J connectivity index is 1.56. The fourth-order valence-electron chi connectivity index (χ4n) is 5.64. The van der Waals surface area contributed by atoms with Crippen molar-refractivity contribution in [2.24, 2.45) is 0 Å². The summed E-state index contributed by atoms with van der Waals surface area (Å²) in [6.07, 6.45) is 0. The van der Waals surface area contributed by atoms with E-state index in [4.69, 9.17) is 0 Å². The first-order valence-corrected chi connectivity index (χ1v) is 20.7. The molecule has 0 aliphatic carbocycles. The Hall–Kier alpha value is -3.47. The summed E-state index contributed by atoms with van der Waals surface area (Å²) < 4.78 is 0. The largest absolute Gasteiger partial charge is 0.0775 e. The molecule has 0 unspecified atom stereocenters. The van der Waals surface area contributed by atoms with Crippen LogP contribution >= 0.6 is 0 Å². The second kappa shape index (κ2) is 9.08. The van der Waals surface area contributed by atoms with Gasteiger partial charge in [-0.3, -0.25) is 0 Å². The van der Waals surface area contributed by atoms with Gasteiger partial charge in [-0.2, -0.15) is 0 Å². The summed E-state index contributed by atoms with van der Waals surface area (Å²) in [7, 11) is -2.64. The molecule has 0 aliphatic rings. The van der Waals surface area contributed by atoms with Crippen LogP contribution in [-0.4, -0.2) is 16.1 Å². The zero-order valence-corrected chi connectivity index (χ0v) is 25.4. The van der Waals surface area contributed by atoms with Crippen molar-refractivity contribution in [3.05, 3.63) is 109 Å². The van der Waals surface area contributed by atoms with E-state index in [1.807, 2.05) is 0 Å². The van der Waals surface area contributed by atoms with E-state index in [1.165, 1.54) is 64.9 Å². The van der Waals surface area contributed by atoms with Gasteiger partial charge in [0.05, 0.1) is 16.1 Å². The average Bonchev–Trinajstić information content (AvgIpc) is 2.92. The van der Waals surface area contributed by atoms with Gasteiger partial charge in [-0.1, -0.05) is 147 Å². The molecule has 6 rings (SSSR count). The van der Waals surface area contributed by atoms with Gasteiger partial charge in [-0.25, -0.2) is 0 Å². The van der Waals surface area contributed by atoms with E-state index in [-0.39, 0.29) is 0 Å². The number of hydrogen-bond donors (Lipinski definition) is 0. The summed E-state index contributed by atoms with van der Waals surface area (Å²) in [6.45, 7) is 14.4. The van der Waals surface area contributed by atoms with Gasteiger partial charge in [-0.05, 0) is 66.7 Å². The molecule has 0 fully saturated rings. The SMILES string of the molecule is C[Si](C)(C)c1ccc(-c2ccc3c4ccccc4c4ccc(-c5ccc([Si](C)(C)C)cc5)cc4c3c2)cc1. The molecule has 6 aromatic carbocycles. The maximum absolute atomic E-state index is 2.41. The van der Waals surface area contributed by atoms with Crippen LogP contribution in [0.5, 0.6) is 0 Å². The van der Waals surface area contributed by atoms with Crippen molar-refractivity contribution in [3.63, 3.8) is 0 Å². The Morgan fingerprint density at radius 1 is 0.316 bits per heavy atom. The lowest BCUT2D eigenvalue weighted by atomic mass is 9.90. The number of fused-ring (bicyclic) bond motifs is 6. The monoisotopic (exact) mass is 524 g/mol. The fourth-order valence-corrected chi connectivity index (χ4v) is 7.97. The second-order valence-electron chi connectivity index (χ2n) is 12.7. The highest BCUT2D eigenvalue weighted by molar-refractivity contribution is 6.89. The predicted molar refractivity (Wildman–Crippen MR) is 176 cm³/mol. The van der Waals surface area contributed by atoms with Gasteiger partial charge < -0.3 is 0 Å². The molecule has 6 aromatic rings. The predicted octanol–water partition coefficient (Wildman–Crippen LogP) is 9.57. The van der Waals surface area contributed by atoms with Crippen molar-refractivity contribution in [2.75, 3.05) is 0 Å². The third kappa shape index (κ3) is 4.42. The van der Waals surface area contributed by atoms with E-state index in [2.05, 4.69) is 148 Å². The zero-order chi connectivity index (χ0) is 26.7. The van der Waals surface area contributed by atoms with Crippen LogP contribution in [0, 0.1) is 0 Å². The Bertz CT molecular complexity index is 1660. The Labute approximate surface area is 229 Å².